The predicted octanol–water partition coefficient (Wildman–Crippen LogP) is 1.81. The molecule has 0 aliphatic heterocycles. The molecule has 2 atom stereocenters. The Labute approximate surface area is 117 Å². The number of aliphatic hydroxyl groups excluding tert-OH is 1. The van der Waals surface area contributed by atoms with Gasteiger partial charge in [0.1, 0.15) is 5.69 Å². The monoisotopic (exact) mass is 277 g/mol. The van der Waals surface area contributed by atoms with Crippen molar-refractivity contribution in [1.82, 2.24) is 15.5 Å². The Morgan fingerprint density at radius 3 is 3.00 bits per heavy atom. The first-order chi connectivity index (χ1) is 9.65. The predicted molar refractivity (Wildman–Crippen MR) is 74.1 cm³/mol. The minimum absolute atomic E-state index is 0.0871. The lowest BCUT2D eigenvalue weighted by molar-refractivity contribution is 0.0886. The Hall–Kier alpha value is -2.08. The average molecular weight is 277 g/mol. The van der Waals surface area contributed by atoms with E-state index in [9.17, 15) is 9.90 Å². The highest BCUT2D eigenvalue weighted by molar-refractivity contribution is 5.93. The topological polar surface area (TPSA) is 91.1 Å². The molecule has 20 heavy (non-hydrogen) atoms. The lowest BCUT2D eigenvalue weighted by Crippen LogP contribution is -2.42. The molecule has 0 radical (unpaired) electrons. The van der Waals surface area contributed by atoms with Crippen molar-refractivity contribution >= 4 is 5.91 Å². The van der Waals surface area contributed by atoms with Gasteiger partial charge in [0.05, 0.1) is 18.9 Å². The number of furan rings is 1. The van der Waals surface area contributed by atoms with Crippen LogP contribution in [0, 0.1) is 5.92 Å². The maximum absolute atomic E-state index is 12.1. The van der Waals surface area contributed by atoms with Crippen molar-refractivity contribution in [3.8, 4) is 11.5 Å². The lowest BCUT2D eigenvalue weighted by Gasteiger charge is -2.21. The summed E-state index contributed by atoms with van der Waals surface area (Å²) < 4.78 is 5.23. The Morgan fingerprint density at radius 2 is 2.40 bits per heavy atom. The third-order valence-electron chi connectivity index (χ3n) is 3.44. The fourth-order valence-electron chi connectivity index (χ4n) is 1.89. The molecule has 6 heteroatoms. The third-order valence-corrected chi connectivity index (χ3v) is 3.44. The molecule has 0 saturated carbocycles. The van der Waals surface area contributed by atoms with Crippen LogP contribution in [-0.2, 0) is 0 Å². The molecule has 0 spiro atoms. The first kappa shape index (κ1) is 14.3. The minimum Gasteiger partial charge on any atom is -0.463 e. The molecule has 0 bridgehead atoms. The molecule has 108 valence electrons. The number of nitrogens with zero attached hydrogens (tertiary/aromatic N) is 1. The van der Waals surface area contributed by atoms with E-state index in [4.69, 9.17) is 4.42 Å². The fourth-order valence-corrected chi connectivity index (χ4v) is 1.89. The second-order valence-electron chi connectivity index (χ2n) is 4.79. The lowest BCUT2D eigenvalue weighted by atomic mass is 10.00. The molecule has 0 aromatic carbocycles. The first-order valence-corrected chi connectivity index (χ1v) is 6.66. The highest BCUT2D eigenvalue weighted by Crippen LogP contribution is 2.18. The molecule has 1 amide bonds. The first-order valence-electron chi connectivity index (χ1n) is 6.66. The van der Waals surface area contributed by atoms with Gasteiger partial charge in [0.15, 0.2) is 11.5 Å². The fraction of sp³-hybridized carbons (Fsp3) is 0.429. The van der Waals surface area contributed by atoms with E-state index in [1.807, 2.05) is 13.8 Å². The molecule has 0 saturated heterocycles. The molecule has 2 heterocycles. The van der Waals surface area contributed by atoms with Gasteiger partial charge >= 0.3 is 0 Å². The Bertz CT molecular complexity index is 548. The van der Waals surface area contributed by atoms with Crippen molar-refractivity contribution < 1.29 is 14.3 Å². The Morgan fingerprint density at radius 1 is 1.60 bits per heavy atom. The smallest absolute Gasteiger partial charge is 0.272 e. The molecular formula is C14H19N3O3. The van der Waals surface area contributed by atoms with Gasteiger partial charge in [-0.1, -0.05) is 20.3 Å². The zero-order chi connectivity index (χ0) is 14.5. The van der Waals surface area contributed by atoms with E-state index in [0.29, 0.717) is 11.5 Å². The van der Waals surface area contributed by atoms with Gasteiger partial charge < -0.3 is 14.8 Å². The summed E-state index contributed by atoms with van der Waals surface area (Å²) in [6.45, 7) is 3.92. The summed E-state index contributed by atoms with van der Waals surface area (Å²) in [6.07, 6.45) is 2.43. The van der Waals surface area contributed by atoms with E-state index in [0.717, 1.165) is 6.42 Å². The Balaban J connectivity index is 2.06. The van der Waals surface area contributed by atoms with Crippen molar-refractivity contribution in [2.45, 2.75) is 26.3 Å². The normalized spacial score (nSPS) is 13.9. The van der Waals surface area contributed by atoms with E-state index in [1.54, 1.807) is 24.5 Å². The second kappa shape index (κ2) is 6.38. The molecule has 3 N–H and O–H groups in total. The quantitative estimate of drug-likeness (QED) is 0.751. The van der Waals surface area contributed by atoms with Gasteiger partial charge in [0, 0.05) is 6.07 Å². The number of rotatable bonds is 6. The SMILES string of the molecule is CC[C@@H](C)[C@H](CO)NC(=O)c1cc(-c2ccco2)[nH]n1. The maximum atomic E-state index is 12.1. The van der Waals surface area contributed by atoms with Crippen molar-refractivity contribution in [1.29, 1.82) is 0 Å². The van der Waals surface area contributed by atoms with Crippen LogP contribution in [0.15, 0.2) is 28.9 Å². The Kier molecular flexibility index (Phi) is 4.57. The highest BCUT2D eigenvalue weighted by Gasteiger charge is 2.20. The second-order valence-corrected chi connectivity index (χ2v) is 4.79. The van der Waals surface area contributed by atoms with Crippen LogP contribution in [0.5, 0.6) is 0 Å². The largest absolute Gasteiger partial charge is 0.463 e. The van der Waals surface area contributed by atoms with Gasteiger partial charge in [-0.25, -0.2) is 0 Å². The zero-order valence-electron chi connectivity index (χ0n) is 11.6. The van der Waals surface area contributed by atoms with E-state index in [-0.39, 0.29) is 30.2 Å². The average Bonchev–Trinajstić information content (AvgIpc) is 3.13. The van der Waals surface area contributed by atoms with Gasteiger partial charge in [-0.2, -0.15) is 5.10 Å². The molecule has 2 aromatic rings. The van der Waals surface area contributed by atoms with Crippen molar-refractivity contribution in [3.05, 3.63) is 30.2 Å². The summed E-state index contributed by atoms with van der Waals surface area (Å²) in [5, 5.41) is 18.8. The van der Waals surface area contributed by atoms with Crippen LogP contribution in [-0.4, -0.2) is 33.9 Å². The molecule has 0 unspecified atom stereocenters. The van der Waals surface area contributed by atoms with Crippen LogP contribution >= 0.6 is 0 Å². The van der Waals surface area contributed by atoms with Crippen LogP contribution in [0.2, 0.25) is 0 Å². The van der Waals surface area contributed by atoms with Crippen molar-refractivity contribution in [3.63, 3.8) is 0 Å². The van der Waals surface area contributed by atoms with Crippen LogP contribution in [0.25, 0.3) is 11.5 Å². The molecule has 0 fully saturated rings. The maximum Gasteiger partial charge on any atom is 0.272 e. The molecule has 2 rings (SSSR count). The summed E-state index contributed by atoms with van der Waals surface area (Å²) in [5.41, 5.74) is 0.919. The highest BCUT2D eigenvalue weighted by atomic mass is 16.3. The summed E-state index contributed by atoms with van der Waals surface area (Å²) in [5.74, 6) is 0.517. The van der Waals surface area contributed by atoms with E-state index in [2.05, 4.69) is 15.5 Å². The number of aromatic nitrogens is 2. The zero-order valence-corrected chi connectivity index (χ0v) is 11.6. The molecule has 0 aliphatic carbocycles. The number of hydrogen-bond donors (Lipinski definition) is 3. The van der Waals surface area contributed by atoms with Crippen LogP contribution in [0.3, 0.4) is 0 Å². The van der Waals surface area contributed by atoms with E-state index >= 15 is 0 Å². The molecular weight excluding hydrogens is 258 g/mol. The molecule has 0 aliphatic rings. The third kappa shape index (κ3) is 3.08. The van der Waals surface area contributed by atoms with Gasteiger partial charge in [0.2, 0.25) is 0 Å². The van der Waals surface area contributed by atoms with Gasteiger partial charge in [-0.05, 0) is 18.1 Å². The van der Waals surface area contributed by atoms with Crippen LogP contribution in [0.4, 0.5) is 0 Å². The van der Waals surface area contributed by atoms with Crippen LogP contribution in [0.1, 0.15) is 30.8 Å². The summed E-state index contributed by atoms with van der Waals surface area (Å²) in [6, 6.07) is 4.90. The van der Waals surface area contributed by atoms with Crippen LogP contribution < -0.4 is 5.32 Å². The number of aromatic amines is 1. The van der Waals surface area contributed by atoms with Crippen molar-refractivity contribution in [2.75, 3.05) is 6.61 Å². The van der Waals surface area contributed by atoms with E-state index < -0.39 is 0 Å². The molecule has 6 nitrogen and oxygen atoms in total. The van der Waals surface area contributed by atoms with Gasteiger partial charge in [-0.3, -0.25) is 9.89 Å². The number of aliphatic hydroxyl groups is 1. The number of nitrogens with one attached hydrogen (secondary N) is 2. The molecule has 2 aromatic heterocycles. The summed E-state index contributed by atoms with van der Waals surface area (Å²) in [7, 11) is 0. The van der Waals surface area contributed by atoms with Crippen molar-refractivity contribution in [2.24, 2.45) is 5.92 Å². The summed E-state index contributed by atoms with van der Waals surface area (Å²) >= 11 is 0. The number of H-pyrrole nitrogens is 1. The number of amides is 1. The summed E-state index contributed by atoms with van der Waals surface area (Å²) in [4.78, 5) is 12.1. The number of carbonyl (C=O) groups is 1. The van der Waals surface area contributed by atoms with Gasteiger partial charge in [0.25, 0.3) is 5.91 Å². The standard InChI is InChI=1S/C14H19N3O3/c1-3-9(2)12(8-18)15-14(19)11-7-10(16-17-11)13-5-4-6-20-13/h4-7,9,12,18H,3,8H2,1-2H3,(H,15,19)(H,16,17)/t9-,12+/m1/s1. The van der Waals surface area contributed by atoms with E-state index in [1.165, 1.54) is 0 Å². The number of hydrogen-bond acceptors (Lipinski definition) is 4. The minimum atomic E-state index is -0.307. The van der Waals surface area contributed by atoms with Gasteiger partial charge in [-0.15, -0.1) is 0 Å². The number of carbonyl (C=O) groups excluding carboxylic acids is 1.